The zero-order valence-corrected chi connectivity index (χ0v) is 13.0. The number of likely N-dealkylation sites (tertiary alicyclic amines) is 2. The van der Waals surface area contributed by atoms with Gasteiger partial charge >= 0.3 is 12.0 Å². The molecule has 6 nitrogen and oxygen atoms in total. The maximum absolute atomic E-state index is 12.2. The third-order valence-electron chi connectivity index (χ3n) is 4.63. The predicted molar refractivity (Wildman–Crippen MR) is 80.3 cm³/mol. The average molecular weight is 297 g/mol. The van der Waals surface area contributed by atoms with E-state index in [2.05, 4.69) is 4.90 Å². The van der Waals surface area contributed by atoms with Crippen LogP contribution in [0.2, 0.25) is 0 Å². The summed E-state index contributed by atoms with van der Waals surface area (Å²) in [6.07, 6.45) is 6.04. The number of carboxylic acid groups (broad SMARTS) is 1. The van der Waals surface area contributed by atoms with Gasteiger partial charge in [0.1, 0.15) is 0 Å². The first-order valence-corrected chi connectivity index (χ1v) is 8.04. The van der Waals surface area contributed by atoms with Crippen LogP contribution in [0.25, 0.3) is 0 Å². The van der Waals surface area contributed by atoms with Gasteiger partial charge in [-0.15, -0.1) is 0 Å². The normalized spacial score (nSPS) is 21.3. The summed E-state index contributed by atoms with van der Waals surface area (Å²) >= 11 is 0. The van der Waals surface area contributed by atoms with E-state index in [1.807, 2.05) is 4.90 Å². The number of amides is 2. The van der Waals surface area contributed by atoms with E-state index in [1.54, 1.807) is 7.05 Å². The fourth-order valence-electron chi connectivity index (χ4n) is 3.31. The third kappa shape index (κ3) is 4.59. The lowest BCUT2D eigenvalue weighted by molar-refractivity contribution is -0.137. The van der Waals surface area contributed by atoms with Crippen molar-refractivity contribution in [1.29, 1.82) is 0 Å². The van der Waals surface area contributed by atoms with Crippen molar-refractivity contribution in [2.24, 2.45) is 0 Å². The minimum Gasteiger partial charge on any atom is -0.481 e. The van der Waals surface area contributed by atoms with Crippen molar-refractivity contribution in [3.8, 4) is 0 Å². The highest BCUT2D eigenvalue weighted by molar-refractivity contribution is 5.75. The monoisotopic (exact) mass is 297 g/mol. The van der Waals surface area contributed by atoms with E-state index in [0.29, 0.717) is 6.04 Å². The molecule has 2 aliphatic rings. The van der Waals surface area contributed by atoms with E-state index >= 15 is 0 Å². The van der Waals surface area contributed by atoms with E-state index in [1.165, 1.54) is 37.3 Å². The average Bonchev–Trinajstić information content (AvgIpc) is 2.53. The van der Waals surface area contributed by atoms with E-state index in [-0.39, 0.29) is 19.0 Å². The quantitative estimate of drug-likeness (QED) is 0.853. The van der Waals surface area contributed by atoms with Crippen LogP contribution in [-0.2, 0) is 4.79 Å². The number of urea groups is 1. The van der Waals surface area contributed by atoms with E-state index in [9.17, 15) is 9.59 Å². The Morgan fingerprint density at radius 2 is 1.71 bits per heavy atom. The summed E-state index contributed by atoms with van der Waals surface area (Å²) in [5.74, 6) is -0.863. The molecule has 2 aliphatic heterocycles. The Morgan fingerprint density at radius 1 is 1.10 bits per heavy atom. The molecule has 0 aromatic heterocycles. The summed E-state index contributed by atoms with van der Waals surface area (Å²) in [4.78, 5) is 28.8. The molecule has 2 fully saturated rings. The van der Waals surface area contributed by atoms with Crippen LogP contribution in [0.4, 0.5) is 4.79 Å². The molecule has 0 bridgehead atoms. The molecule has 0 spiro atoms. The molecule has 1 N–H and O–H groups in total. The SMILES string of the molecule is CN(CCC(=O)O)C(=O)N1CCC(N2CCCCC2)CC1. The fraction of sp³-hybridized carbons (Fsp3) is 0.867. The van der Waals surface area contributed by atoms with Gasteiger partial charge in [-0.1, -0.05) is 6.42 Å². The first-order chi connectivity index (χ1) is 10.1. The topological polar surface area (TPSA) is 64.1 Å². The predicted octanol–water partition coefficient (Wildman–Crippen LogP) is 1.46. The van der Waals surface area contributed by atoms with Gasteiger partial charge in [-0.05, 0) is 38.8 Å². The summed E-state index contributed by atoms with van der Waals surface area (Å²) in [6.45, 7) is 4.27. The van der Waals surface area contributed by atoms with Crippen LogP contribution in [-0.4, -0.2) is 77.6 Å². The van der Waals surface area contributed by atoms with E-state index in [4.69, 9.17) is 5.11 Å². The summed E-state index contributed by atoms with van der Waals surface area (Å²) < 4.78 is 0. The van der Waals surface area contributed by atoms with Crippen LogP contribution in [0.5, 0.6) is 0 Å². The van der Waals surface area contributed by atoms with Crippen molar-refractivity contribution in [1.82, 2.24) is 14.7 Å². The van der Waals surface area contributed by atoms with Crippen molar-refractivity contribution >= 4 is 12.0 Å². The Labute approximate surface area is 126 Å². The highest BCUT2D eigenvalue weighted by Crippen LogP contribution is 2.21. The molecule has 2 heterocycles. The van der Waals surface area contributed by atoms with E-state index < -0.39 is 5.97 Å². The largest absolute Gasteiger partial charge is 0.481 e. The van der Waals surface area contributed by atoms with Gasteiger partial charge in [0.25, 0.3) is 0 Å². The minimum absolute atomic E-state index is 0.00643. The lowest BCUT2D eigenvalue weighted by Gasteiger charge is -2.41. The molecule has 0 radical (unpaired) electrons. The molecule has 0 unspecified atom stereocenters. The smallest absolute Gasteiger partial charge is 0.319 e. The molecule has 120 valence electrons. The summed E-state index contributed by atoms with van der Waals surface area (Å²) in [5.41, 5.74) is 0. The lowest BCUT2D eigenvalue weighted by Crippen LogP contribution is -2.51. The van der Waals surface area contributed by atoms with Crippen LogP contribution >= 0.6 is 0 Å². The molecule has 6 heteroatoms. The molecule has 0 aromatic rings. The first kappa shape index (κ1) is 16.1. The Hall–Kier alpha value is -1.30. The molecule has 21 heavy (non-hydrogen) atoms. The van der Waals surface area contributed by atoms with Crippen molar-refractivity contribution in [2.75, 3.05) is 39.8 Å². The number of carboxylic acids is 1. The number of carbonyl (C=O) groups excluding carboxylic acids is 1. The zero-order chi connectivity index (χ0) is 15.2. The van der Waals surface area contributed by atoms with Gasteiger partial charge in [-0.3, -0.25) is 4.79 Å². The Kier molecular flexibility index (Phi) is 5.85. The Balaban J connectivity index is 1.74. The molecule has 0 atom stereocenters. The molecule has 2 rings (SSSR count). The minimum atomic E-state index is -0.863. The second kappa shape index (κ2) is 7.64. The number of hydrogen-bond acceptors (Lipinski definition) is 3. The molecular formula is C15H27N3O3. The second-order valence-electron chi connectivity index (χ2n) is 6.16. The van der Waals surface area contributed by atoms with Crippen LogP contribution in [0.3, 0.4) is 0 Å². The maximum Gasteiger partial charge on any atom is 0.319 e. The Morgan fingerprint density at radius 3 is 2.29 bits per heavy atom. The lowest BCUT2D eigenvalue weighted by atomic mass is 10.00. The van der Waals surface area contributed by atoms with Gasteiger partial charge in [-0.25, -0.2) is 4.79 Å². The highest BCUT2D eigenvalue weighted by Gasteiger charge is 2.28. The summed E-state index contributed by atoms with van der Waals surface area (Å²) in [7, 11) is 1.68. The number of hydrogen-bond donors (Lipinski definition) is 1. The van der Waals surface area contributed by atoms with Crippen molar-refractivity contribution < 1.29 is 14.7 Å². The number of nitrogens with zero attached hydrogens (tertiary/aromatic N) is 3. The van der Waals surface area contributed by atoms with Gasteiger partial charge in [0, 0.05) is 32.7 Å². The van der Waals surface area contributed by atoms with Crippen LogP contribution < -0.4 is 0 Å². The van der Waals surface area contributed by atoms with Crippen molar-refractivity contribution in [3.05, 3.63) is 0 Å². The Bertz CT molecular complexity index is 361. The molecule has 0 saturated carbocycles. The van der Waals surface area contributed by atoms with Gasteiger partial charge in [0.2, 0.25) is 0 Å². The van der Waals surface area contributed by atoms with Gasteiger partial charge in [-0.2, -0.15) is 0 Å². The fourth-order valence-corrected chi connectivity index (χ4v) is 3.31. The number of piperidine rings is 2. The second-order valence-corrected chi connectivity index (χ2v) is 6.16. The van der Waals surface area contributed by atoms with Crippen LogP contribution in [0, 0.1) is 0 Å². The van der Waals surface area contributed by atoms with Crippen molar-refractivity contribution in [2.45, 2.75) is 44.6 Å². The van der Waals surface area contributed by atoms with Crippen molar-refractivity contribution in [3.63, 3.8) is 0 Å². The molecule has 0 aromatic carbocycles. The van der Waals surface area contributed by atoms with E-state index in [0.717, 1.165) is 25.9 Å². The molecule has 0 aliphatic carbocycles. The van der Waals surface area contributed by atoms with Gasteiger partial charge < -0.3 is 19.8 Å². The summed E-state index contributed by atoms with van der Waals surface area (Å²) in [6, 6.07) is 0.590. The van der Waals surface area contributed by atoms with Gasteiger partial charge in [0.15, 0.2) is 0 Å². The molecule has 2 saturated heterocycles. The highest BCUT2D eigenvalue weighted by atomic mass is 16.4. The number of rotatable bonds is 4. The van der Waals surface area contributed by atoms with Crippen LogP contribution in [0.1, 0.15) is 38.5 Å². The number of aliphatic carboxylic acids is 1. The number of carbonyl (C=O) groups is 2. The molecule has 2 amide bonds. The first-order valence-electron chi connectivity index (χ1n) is 8.04. The van der Waals surface area contributed by atoms with Crippen LogP contribution in [0.15, 0.2) is 0 Å². The summed E-state index contributed by atoms with van der Waals surface area (Å²) in [5, 5.41) is 8.68. The maximum atomic E-state index is 12.2. The third-order valence-corrected chi connectivity index (χ3v) is 4.63. The standard InChI is InChI=1S/C15H27N3O3/c1-16(10-7-14(19)20)15(21)18-11-5-13(6-12-18)17-8-3-2-4-9-17/h13H,2-12H2,1H3,(H,19,20). The zero-order valence-electron chi connectivity index (χ0n) is 13.0. The van der Waals surface area contributed by atoms with Gasteiger partial charge in [0.05, 0.1) is 6.42 Å². The molecular weight excluding hydrogens is 270 g/mol.